The molecule has 1 aromatic heterocycles. The van der Waals surface area contributed by atoms with Crippen LogP contribution < -0.4 is 20.9 Å². The molecule has 0 aliphatic carbocycles. The van der Waals surface area contributed by atoms with Crippen molar-refractivity contribution >= 4 is 66.0 Å². The fourth-order valence-corrected chi connectivity index (χ4v) is 6.93. The highest BCUT2D eigenvalue weighted by atomic mass is 32.2. The second kappa shape index (κ2) is 11.5. The lowest BCUT2D eigenvalue weighted by Crippen LogP contribution is -2.43. The van der Waals surface area contributed by atoms with Crippen LogP contribution in [-0.2, 0) is 24.8 Å². The predicted octanol–water partition coefficient (Wildman–Crippen LogP) is 2.20. The van der Waals surface area contributed by atoms with E-state index in [2.05, 4.69) is 20.9 Å². The van der Waals surface area contributed by atoms with Crippen LogP contribution in [0.4, 0.5) is 11.4 Å². The van der Waals surface area contributed by atoms with E-state index in [1.54, 1.807) is 23.6 Å². The summed E-state index contributed by atoms with van der Waals surface area (Å²) in [5.41, 5.74) is 6.12. The van der Waals surface area contributed by atoms with E-state index in [1.165, 1.54) is 46.8 Å². The number of nitrogens with one attached hydrogen (secondary N) is 4. The molecule has 0 saturated carbocycles. The van der Waals surface area contributed by atoms with Crippen LogP contribution in [0.25, 0.3) is 0 Å². The number of ether oxygens (including phenoxy) is 1. The van der Waals surface area contributed by atoms with Crippen molar-refractivity contribution in [2.24, 2.45) is 0 Å². The van der Waals surface area contributed by atoms with E-state index in [-0.39, 0.29) is 19.8 Å². The standard InChI is InChI=1S/C22H23N5O6S4/c28-21(16-3-5-18(6-4-16)26-36(29,30)20-2-1-15-35-20)24-25-22(34)23-17-7-9-19(10-8-17)37(31,32)27-11-13-33-14-12-27/h1-10,15,26H,11-14H2,(H,24,28)(H2,23,25,34). The van der Waals surface area contributed by atoms with Crippen LogP contribution in [-0.4, -0.2) is 58.5 Å². The number of anilines is 2. The Morgan fingerprint density at radius 2 is 1.54 bits per heavy atom. The third-order valence-corrected chi connectivity index (χ3v) is 10.1. The van der Waals surface area contributed by atoms with Gasteiger partial charge in [-0.25, -0.2) is 16.8 Å². The average Bonchev–Trinajstić information content (AvgIpc) is 3.45. The number of benzene rings is 2. The monoisotopic (exact) mass is 581 g/mol. The number of amides is 1. The summed E-state index contributed by atoms with van der Waals surface area (Å²) in [5, 5.41) is 4.60. The molecule has 196 valence electrons. The first-order valence-corrected chi connectivity index (χ1v) is 15.1. The molecule has 37 heavy (non-hydrogen) atoms. The lowest BCUT2D eigenvalue weighted by atomic mass is 10.2. The van der Waals surface area contributed by atoms with E-state index in [0.717, 1.165) is 11.3 Å². The van der Waals surface area contributed by atoms with Gasteiger partial charge in [-0.15, -0.1) is 11.3 Å². The van der Waals surface area contributed by atoms with E-state index in [1.807, 2.05) is 0 Å². The number of morpholine rings is 1. The molecule has 1 saturated heterocycles. The fraction of sp³-hybridized carbons (Fsp3) is 0.182. The quantitative estimate of drug-likeness (QED) is 0.244. The summed E-state index contributed by atoms with van der Waals surface area (Å²) in [6, 6.07) is 15.1. The molecular formula is C22H23N5O6S4. The van der Waals surface area contributed by atoms with E-state index in [4.69, 9.17) is 17.0 Å². The number of hydrazine groups is 1. The third-order valence-electron chi connectivity index (χ3n) is 5.17. The van der Waals surface area contributed by atoms with Gasteiger partial charge in [-0.05, 0) is 72.2 Å². The van der Waals surface area contributed by atoms with E-state index >= 15 is 0 Å². The summed E-state index contributed by atoms with van der Waals surface area (Å²) in [6.07, 6.45) is 0. The van der Waals surface area contributed by atoms with Gasteiger partial charge >= 0.3 is 0 Å². The molecule has 2 aromatic carbocycles. The molecule has 0 radical (unpaired) electrons. The number of rotatable bonds is 7. The maximum Gasteiger partial charge on any atom is 0.271 e. The van der Waals surface area contributed by atoms with Gasteiger partial charge < -0.3 is 10.1 Å². The molecular weight excluding hydrogens is 559 g/mol. The zero-order valence-corrected chi connectivity index (χ0v) is 22.5. The molecule has 2 heterocycles. The highest BCUT2D eigenvalue weighted by Gasteiger charge is 2.26. The van der Waals surface area contributed by atoms with Gasteiger partial charge in [0.2, 0.25) is 10.0 Å². The van der Waals surface area contributed by atoms with Crippen LogP contribution in [0.2, 0.25) is 0 Å². The molecule has 1 amide bonds. The molecule has 0 unspecified atom stereocenters. The second-order valence-corrected chi connectivity index (χ2v) is 12.9. The number of carbonyl (C=O) groups is 1. The highest BCUT2D eigenvalue weighted by molar-refractivity contribution is 7.94. The first-order chi connectivity index (χ1) is 17.6. The largest absolute Gasteiger partial charge is 0.379 e. The van der Waals surface area contributed by atoms with Crippen molar-refractivity contribution in [1.29, 1.82) is 0 Å². The molecule has 1 aliphatic rings. The Hall–Kier alpha value is -3.08. The summed E-state index contributed by atoms with van der Waals surface area (Å²) in [4.78, 5) is 12.6. The van der Waals surface area contributed by atoms with Crippen LogP contribution in [0.1, 0.15) is 10.4 Å². The van der Waals surface area contributed by atoms with Gasteiger partial charge in [0.1, 0.15) is 4.21 Å². The minimum atomic E-state index is -3.68. The zero-order valence-electron chi connectivity index (χ0n) is 19.2. The van der Waals surface area contributed by atoms with E-state index < -0.39 is 26.0 Å². The summed E-state index contributed by atoms with van der Waals surface area (Å²) < 4.78 is 59.2. The van der Waals surface area contributed by atoms with Gasteiger partial charge in [0, 0.05) is 30.0 Å². The molecule has 15 heteroatoms. The smallest absolute Gasteiger partial charge is 0.271 e. The molecule has 0 bridgehead atoms. The van der Waals surface area contributed by atoms with E-state index in [0.29, 0.717) is 37.7 Å². The molecule has 1 aliphatic heterocycles. The summed E-state index contributed by atoms with van der Waals surface area (Å²) >= 11 is 6.28. The minimum Gasteiger partial charge on any atom is -0.379 e. The van der Waals surface area contributed by atoms with Crippen LogP contribution in [0, 0.1) is 0 Å². The SMILES string of the molecule is O=C(NNC(=S)Nc1ccc(S(=O)(=O)N2CCOCC2)cc1)c1ccc(NS(=O)(=O)c2cccs2)cc1. The number of thiophene rings is 1. The van der Waals surface area contributed by atoms with Gasteiger partial charge in [-0.3, -0.25) is 20.4 Å². The first-order valence-electron chi connectivity index (χ1n) is 10.9. The minimum absolute atomic E-state index is 0.0810. The van der Waals surface area contributed by atoms with Crippen LogP contribution >= 0.6 is 23.6 Å². The van der Waals surface area contributed by atoms with Gasteiger partial charge in [-0.1, -0.05) is 6.07 Å². The highest BCUT2D eigenvalue weighted by Crippen LogP contribution is 2.21. The third kappa shape index (κ3) is 6.82. The van der Waals surface area contributed by atoms with Crippen molar-refractivity contribution in [3.8, 4) is 0 Å². The van der Waals surface area contributed by atoms with Crippen molar-refractivity contribution in [3.63, 3.8) is 0 Å². The molecule has 4 rings (SSSR count). The number of sulfonamides is 2. The number of hydrogen-bond donors (Lipinski definition) is 4. The van der Waals surface area contributed by atoms with Gasteiger partial charge in [0.05, 0.1) is 18.1 Å². The Bertz CT molecular complexity index is 1450. The number of thiocarbonyl (C=S) groups is 1. The Morgan fingerprint density at radius 1 is 0.892 bits per heavy atom. The van der Waals surface area contributed by atoms with Crippen molar-refractivity contribution < 1.29 is 26.4 Å². The summed E-state index contributed by atoms with van der Waals surface area (Å²) in [6.45, 7) is 1.35. The Balaban J connectivity index is 1.27. The van der Waals surface area contributed by atoms with E-state index in [9.17, 15) is 21.6 Å². The molecule has 0 atom stereocenters. The lowest BCUT2D eigenvalue weighted by Gasteiger charge is -2.26. The molecule has 3 aromatic rings. The molecule has 1 fully saturated rings. The number of nitrogens with zero attached hydrogens (tertiary/aromatic N) is 1. The van der Waals surface area contributed by atoms with Gasteiger partial charge in [0.25, 0.3) is 15.9 Å². The van der Waals surface area contributed by atoms with Gasteiger partial charge in [-0.2, -0.15) is 4.31 Å². The first kappa shape index (κ1) is 27.0. The maximum atomic E-state index is 12.7. The molecule has 0 spiro atoms. The topological polar surface area (TPSA) is 146 Å². The summed E-state index contributed by atoms with van der Waals surface area (Å²) in [5.74, 6) is -0.497. The van der Waals surface area contributed by atoms with Crippen molar-refractivity contribution in [2.45, 2.75) is 9.10 Å². The van der Waals surface area contributed by atoms with Crippen molar-refractivity contribution in [2.75, 3.05) is 36.3 Å². The van der Waals surface area contributed by atoms with Gasteiger partial charge in [0.15, 0.2) is 5.11 Å². The number of hydrogen-bond acceptors (Lipinski definition) is 8. The van der Waals surface area contributed by atoms with Crippen LogP contribution in [0.5, 0.6) is 0 Å². The summed E-state index contributed by atoms with van der Waals surface area (Å²) in [7, 11) is -7.28. The molecule has 4 N–H and O–H groups in total. The Labute approximate surface area is 223 Å². The maximum absolute atomic E-state index is 12.7. The van der Waals surface area contributed by atoms with Crippen molar-refractivity contribution in [3.05, 3.63) is 71.6 Å². The van der Waals surface area contributed by atoms with Crippen molar-refractivity contribution in [1.82, 2.24) is 15.2 Å². The van der Waals surface area contributed by atoms with Crippen LogP contribution in [0.15, 0.2) is 75.1 Å². The fourth-order valence-electron chi connectivity index (χ4n) is 3.31. The Morgan fingerprint density at radius 3 is 2.16 bits per heavy atom. The average molecular weight is 582 g/mol. The zero-order chi connectivity index (χ0) is 26.5. The molecule has 11 nitrogen and oxygen atoms in total. The second-order valence-electron chi connectivity index (χ2n) is 7.69. The van der Waals surface area contributed by atoms with Crippen LogP contribution in [0.3, 0.4) is 0 Å². The normalized spacial score (nSPS) is 14.5. The predicted molar refractivity (Wildman–Crippen MR) is 144 cm³/mol. The Kier molecular flexibility index (Phi) is 8.41. The number of carbonyl (C=O) groups excluding carboxylic acids is 1. The lowest BCUT2D eigenvalue weighted by molar-refractivity contribution is 0.0730.